The van der Waals surface area contributed by atoms with Gasteiger partial charge in [0.05, 0.1) is 11.4 Å². The first kappa shape index (κ1) is 15.7. The lowest BCUT2D eigenvalue weighted by molar-refractivity contribution is 0.0981. The molecular formula is C17H16FNO3S. The Morgan fingerprint density at radius 2 is 1.91 bits per heavy atom. The summed E-state index contributed by atoms with van der Waals surface area (Å²) < 4.78 is 40.2. The van der Waals surface area contributed by atoms with Crippen molar-refractivity contribution in [3.05, 3.63) is 65.0 Å². The summed E-state index contributed by atoms with van der Waals surface area (Å²) in [6.07, 6.45) is 0.0590. The average molecular weight is 333 g/mol. The fourth-order valence-electron chi connectivity index (χ4n) is 2.74. The van der Waals surface area contributed by atoms with E-state index in [1.165, 1.54) is 16.4 Å². The predicted molar refractivity (Wildman–Crippen MR) is 86.5 cm³/mol. The second-order valence-electron chi connectivity index (χ2n) is 5.59. The smallest absolute Gasteiger partial charge is 0.239 e. The van der Waals surface area contributed by atoms with E-state index in [4.69, 9.17) is 0 Å². The summed E-state index contributed by atoms with van der Waals surface area (Å²) in [5.41, 5.74) is 2.00. The van der Waals surface area contributed by atoms with Crippen LogP contribution < -0.4 is 4.31 Å². The van der Waals surface area contributed by atoms with Crippen LogP contribution in [0.3, 0.4) is 0 Å². The molecule has 0 saturated carbocycles. The molecule has 23 heavy (non-hydrogen) atoms. The van der Waals surface area contributed by atoms with E-state index in [0.29, 0.717) is 5.56 Å². The van der Waals surface area contributed by atoms with Crippen LogP contribution in [0.2, 0.25) is 0 Å². The van der Waals surface area contributed by atoms with Gasteiger partial charge >= 0.3 is 0 Å². The van der Waals surface area contributed by atoms with E-state index < -0.39 is 15.8 Å². The molecule has 2 aromatic carbocycles. The Bertz CT molecular complexity index is 877. The minimum atomic E-state index is -3.65. The van der Waals surface area contributed by atoms with Crippen molar-refractivity contribution in [1.29, 1.82) is 0 Å². The van der Waals surface area contributed by atoms with Gasteiger partial charge in [0.1, 0.15) is 5.82 Å². The summed E-state index contributed by atoms with van der Waals surface area (Å²) in [7, 11) is -3.65. The molecule has 0 unspecified atom stereocenters. The lowest BCUT2D eigenvalue weighted by Gasteiger charge is -2.30. The van der Waals surface area contributed by atoms with Crippen LogP contribution in [-0.4, -0.2) is 20.7 Å². The Hall–Kier alpha value is -2.21. The topological polar surface area (TPSA) is 54.5 Å². The second-order valence-corrected chi connectivity index (χ2v) is 7.48. The van der Waals surface area contributed by atoms with Crippen molar-refractivity contribution in [3.63, 3.8) is 0 Å². The summed E-state index contributed by atoms with van der Waals surface area (Å²) in [5.74, 6) is -0.929. The van der Waals surface area contributed by atoms with Gasteiger partial charge in [0.25, 0.3) is 0 Å². The van der Waals surface area contributed by atoms with E-state index in [2.05, 4.69) is 0 Å². The molecule has 0 aliphatic carbocycles. The number of Topliss-reactive ketones (excluding diaryl/α,β-unsaturated/α-hetero) is 1. The zero-order chi connectivity index (χ0) is 16.6. The molecule has 0 radical (unpaired) electrons. The van der Waals surface area contributed by atoms with Gasteiger partial charge in [-0.15, -0.1) is 0 Å². The highest BCUT2D eigenvalue weighted by molar-refractivity contribution is 7.92. The molecule has 120 valence electrons. The Labute approximate surface area is 134 Å². The number of hydrogen-bond donors (Lipinski definition) is 0. The number of halogens is 1. The Morgan fingerprint density at radius 1 is 1.17 bits per heavy atom. The fourth-order valence-corrected chi connectivity index (χ4v) is 4.44. The number of carbonyl (C=O) groups is 1. The lowest BCUT2D eigenvalue weighted by Crippen LogP contribution is -2.38. The van der Waals surface area contributed by atoms with Gasteiger partial charge in [0.2, 0.25) is 10.0 Å². The minimum absolute atomic E-state index is 0.0590. The molecule has 0 amide bonds. The highest BCUT2D eigenvalue weighted by Gasteiger charge is 2.31. The molecule has 0 atom stereocenters. The van der Waals surface area contributed by atoms with Gasteiger partial charge in [-0.25, -0.2) is 12.8 Å². The first-order valence-electron chi connectivity index (χ1n) is 7.26. The summed E-state index contributed by atoms with van der Waals surface area (Å²) >= 11 is 0. The maximum Gasteiger partial charge on any atom is 0.239 e. The first-order valence-corrected chi connectivity index (χ1v) is 8.87. The van der Waals surface area contributed by atoms with Gasteiger partial charge in [-0.3, -0.25) is 9.10 Å². The monoisotopic (exact) mass is 333 g/mol. The van der Waals surface area contributed by atoms with Crippen LogP contribution >= 0.6 is 0 Å². The number of carbonyl (C=O) groups excluding carboxylic acids is 1. The molecule has 1 aliphatic heterocycles. The molecule has 6 heteroatoms. The number of hydrogen-bond acceptors (Lipinski definition) is 3. The Balaban J connectivity index is 2.00. The van der Waals surface area contributed by atoms with Crippen molar-refractivity contribution in [3.8, 4) is 0 Å². The summed E-state index contributed by atoms with van der Waals surface area (Å²) in [6, 6.07) is 10.9. The normalized spacial score (nSPS) is 14.7. The fraction of sp³-hybridized carbons (Fsp3) is 0.235. The highest BCUT2D eigenvalue weighted by atomic mass is 32.2. The molecule has 0 bridgehead atoms. The number of rotatable bonds is 3. The lowest BCUT2D eigenvalue weighted by atomic mass is 10.0. The number of sulfonamides is 1. The zero-order valence-electron chi connectivity index (χ0n) is 12.6. The number of anilines is 1. The largest absolute Gasteiger partial charge is 0.294 e. The number of fused-ring (bicyclic) bond motifs is 1. The van der Waals surface area contributed by atoms with Crippen molar-refractivity contribution in [1.82, 2.24) is 0 Å². The maximum absolute atomic E-state index is 13.4. The van der Waals surface area contributed by atoms with Crippen molar-refractivity contribution >= 4 is 21.5 Å². The Morgan fingerprint density at radius 3 is 2.65 bits per heavy atom. The number of nitrogens with zero attached hydrogens (tertiary/aromatic N) is 1. The van der Waals surface area contributed by atoms with Crippen LogP contribution in [0.15, 0.2) is 42.5 Å². The van der Waals surface area contributed by atoms with Gasteiger partial charge in [-0.1, -0.05) is 24.3 Å². The number of benzene rings is 2. The van der Waals surface area contributed by atoms with Crippen molar-refractivity contribution in [2.45, 2.75) is 19.1 Å². The van der Waals surface area contributed by atoms with Crippen LogP contribution in [0.25, 0.3) is 0 Å². The molecule has 0 N–H and O–H groups in total. The zero-order valence-corrected chi connectivity index (χ0v) is 13.4. The third-order valence-corrected chi connectivity index (χ3v) is 5.73. The minimum Gasteiger partial charge on any atom is -0.294 e. The molecule has 0 spiro atoms. The van der Waals surface area contributed by atoms with Crippen LogP contribution in [0.5, 0.6) is 0 Å². The average Bonchev–Trinajstić information content (AvgIpc) is 2.50. The number of ketones is 1. The quantitative estimate of drug-likeness (QED) is 0.867. The van der Waals surface area contributed by atoms with E-state index in [1.54, 1.807) is 12.1 Å². The molecule has 0 fully saturated rings. The van der Waals surface area contributed by atoms with Crippen molar-refractivity contribution < 1.29 is 17.6 Å². The van der Waals surface area contributed by atoms with E-state index in [0.717, 1.165) is 11.6 Å². The van der Waals surface area contributed by atoms with E-state index in [1.807, 2.05) is 19.1 Å². The molecule has 0 saturated heterocycles. The van der Waals surface area contributed by atoms with Gasteiger partial charge < -0.3 is 0 Å². The molecule has 1 heterocycles. The second kappa shape index (κ2) is 5.77. The SMILES string of the molecule is Cc1ccccc1CS(=O)(=O)N1CCC(=O)c2cc(F)ccc21. The van der Waals surface area contributed by atoms with Crippen LogP contribution in [0.1, 0.15) is 27.9 Å². The number of aryl methyl sites for hydroxylation is 1. The van der Waals surface area contributed by atoms with Gasteiger partial charge in [0.15, 0.2) is 5.78 Å². The van der Waals surface area contributed by atoms with Crippen LogP contribution in [0, 0.1) is 12.7 Å². The van der Waals surface area contributed by atoms with E-state index in [9.17, 15) is 17.6 Å². The third-order valence-electron chi connectivity index (χ3n) is 4.00. The standard InChI is InChI=1S/C17H16FNO3S/c1-12-4-2-3-5-13(12)11-23(21,22)19-9-8-17(20)15-10-14(18)6-7-16(15)19/h2-7,10H,8-9,11H2,1H3. The van der Waals surface area contributed by atoms with Gasteiger partial charge in [0, 0.05) is 18.5 Å². The summed E-state index contributed by atoms with van der Waals surface area (Å²) in [6.45, 7) is 1.94. The molecule has 3 rings (SSSR count). The molecule has 2 aromatic rings. The summed E-state index contributed by atoms with van der Waals surface area (Å²) in [5, 5.41) is 0. The molecule has 0 aromatic heterocycles. The predicted octanol–water partition coefficient (Wildman–Crippen LogP) is 3.06. The maximum atomic E-state index is 13.4. The summed E-state index contributed by atoms with van der Waals surface area (Å²) in [4.78, 5) is 11.9. The van der Waals surface area contributed by atoms with Crippen molar-refractivity contribution in [2.75, 3.05) is 10.8 Å². The third kappa shape index (κ3) is 2.99. The Kier molecular flexibility index (Phi) is 3.93. The highest BCUT2D eigenvalue weighted by Crippen LogP contribution is 2.31. The van der Waals surface area contributed by atoms with E-state index >= 15 is 0 Å². The van der Waals surface area contributed by atoms with Crippen LogP contribution in [-0.2, 0) is 15.8 Å². The van der Waals surface area contributed by atoms with Crippen molar-refractivity contribution in [2.24, 2.45) is 0 Å². The molecule has 4 nitrogen and oxygen atoms in total. The van der Waals surface area contributed by atoms with Crippen LogP contribution in [0.4, 0.5) is 10.1 Å². The van der Waals surface area contributed by atoms with Gasteiger partial charge in [-0.2, -0.15) is 0 Å². The molecule has 1 aliphatic rings. The van der Waals surface area contributed by atoms with E-state index in [-0.39, 0.29) is 35.8 Å². The first-order chi connectivity index (χ1) is 10.9. The van der Waals surface area contributed by atoms with Gasteiger partial charge in [-0.05, 0) is 36.2 Å². The molecular weight excluding hydrogens is 317 g/mol.